The molecule has 3 rings (SSSR count). The van der Waals surface area contributed by atoms with Crippen LogP contribution in [0.25, 0.3) is 0 Å². The number of ether oxygens (including phenoxy) is 1. The fourth-order valence-electron chi connectivity index (χ4n) is 4.09. The average molecular weight is 532 g/mol. The number of rotatable bonds is 13. The summed E-state index contributed by atoms with van der Waals surface area (Å²) in [5.74, 6) is -0.380. The Morgan fingerprint density at radius 2 is 1.81 bits per heavy atom. The van der Waals surface area contributed by atoms with E-state index in [9.17, 15) is 18.0 Å². The molecule has 4 nitrogen and oxygen atoms in total. The van der Waals surface area contributed by atoms with E-state index < -0.39 is 17.7 Å². The number of carboxylic acids is 1. The van der Waals surface area contributed by atoms with E-state index in [1.165, 1.54) is 6.07 Å². The largest absolute Gasteiger partial charge is 0.494 e. The van der Waals surface area contributed by atoms with Crippen molar-refractivity contribution in [1.29, 1.82) is 0 Å². The first-order valence-electron chi connectivity index (χ1n) is 11.9. The molecule has 0 heterocycles. The van der Waals surface area contributed by atoms with Gasteiger partial charge in [0.15, 0.2) is 0 Å². The molecule has 0 radical (unpaired) electrons. The molecule has 0 amide bonds. The van der Waals surface area contributed by atoms with Crippen LogP contribution < -0.4 is 4.74 Å². The number of alkyl halides is 3. The lowest BCUT2D eigenvalue weighted by molar-refractivity contribution is -0.138. The van der Waals surface area contributed by atoms with Crippen LogP contribution in [0.3, 0.4) is 0 Å². The maximum absolute atomic E-state index is 13.4. The maximum atomic E-state index is 13.4. The summed E-state index contributed by atoms with van der Waals surface area (Å²) in [5.41, 5.74) is 1.25. The van der Waals surface area contributed by atoms with Gasteiger partial charge in [0.05, 0.1) is 23.6 Å². The van der Waals surface area contributed by atoms with Crippen molar-refractivity contribution in [1.82, 2.24) is 4.90 Å². The van der Waals surface area contributed by atoms with E-state index in [4.69, 9.17) is 21.4 Å². The van der Waals surface area contributed by atoms with Crippen LogP contribution in [0.2, 0.25) is 5.02 Å². The van der Waals surface area contributed by atoms with Gasteiger partial charge in [-0.1, -0.05) is 72.3 Å². The zero-order chi connectivity index (χ0) is 26.8. The van der Waals surface area contributed by atoms with Gasteiger partial charge < -0.3 is 9.84 Å². The second-order valence-corrected chi connectivity index (χ2v) is 9.06. The van der Waals surface area contributed by atoms with Crippen molar-refractivity contribution < 1.29 is 27.8 Å². The van der Waals surface area contributed by atoms with Gasteiger partial charge in [-0.15, -0.1) is 6.58 Å². The van der Waals surface area contributed by atoms with E-state index in [1.54, 1.807) is 30.3 Å². The second-order valence-electron chi connectivity index (χ2n) is 8.68. The van der Waals surface area contributed by atoms with E-state index in [-0.39, 0.29) is 23.9 Å². The minimum atomic E-state index is -4.53. The van der Waals surface area contributed by atoms with Crippen molar-refractivity contribution in [3.05, 3.63) is 113 Å². The predicted molar refractivity (Wildman–Crippen MR) is 139 cm³/mol. The van der Waals surface area contributed by atoms with Crippen LogP contribution in [0, 0.1) is 0 Å². The van der Waals surface area contributed by atoms with Crippen LogP contribution in [-0.2, 0) is 23.9 Å². The minimum absolute atomic E-state index is 0.0283. The molecule has 0 saturated heterocycles. The van der Waals surface area contributed by atoms with Gasteiger partial charge in [0.1, 0.15) is 5.75 Å². The summed E-state index contributed by atoms with van der Waals surface area (Å²) in [5, 5.41) is 8.69. The highest BCUT2D eigenvalue weighted by atomic mass is 35.5. The first-order valence-corrected chi connectivity index (χ1v) is 12.2. The maximum Gasteiger partial charge on any atom is 0.417 e. The number of halogens is 4. The molecule has 3 aromatic rings. The zero-order valence-corrected chi connectivity index (χ0v) is 21.0. The highest BCUT2D eigenvalue weighted by Crippen LogP contribution is 2.36. The molecular weight excluding hydrogens is 503 g/mol. The van der Waals surface area contributed by atoms with Crippen molar-refractivity contribution in [2.75, 3.05) is 19.7 Å². The summed E-state index contributed by atoms with van der Waals surface area (Å²) in [6, 6.07) is 20.7. The Labute approximate surface area is 219 Å². The van der Waals surface area contributed by atoms with E-state index in [0.717, 1.165) is 11.6 Å². The van der Waals surface area contributed by atoms with Gasteiger partial charge in [-0.05, 0) is 41.3 Å². The van der Waals surface area contributed by atoms with E-state index in [0.29, 0.717) is 43.0 Å². The van der Waals surface area contributed by atoms with Gasteiger partial charge in [-0.3, -0.25) is 9.69 Å². The van der Waals surface area contributed by atoms with Crippen molar-refractivity contribution in [2.45, 2.75) is 31.5 Å². The predicted octanol–water partition coefficient (Wildman–Crippen LogP) is 7.23. The Hall–Kier alpha value is -3.29. The van der Waals surface area contributed by atoms with Gasteiger partial charge in [0, 0.05) is 25.6 Å². The van der Waals surface area contributed by atoms with Gasteiger partial charge in [-0.2, -0.15) is 13.2 Å². The van der Waals surface area contributed by atoms with Gasteiger partial charge >= 0.3 is 12.1 Å². The summed E-state index contributed by atoms with van der Waals surface area (Å²) in [4.78, 5) is 13.0. The Bertz CT molecular complexity index is 1180. The average Bonchev–Trinajstić information content (AvgIpc) is 2.85. The quantitative estimate of drug-likeness (QED) is 0.187. The monoisotopic (exact) mass is 531 g/mol. The number of hydrogen-bond acceptors (Lipinski definition) is 3. The summed E-state index contributed by atoms with van der Waals surface area (Å²) in [6.45, 7) is 5.62. The molecule has 1 atom stereocenters. The molecule has 0 aromatic heterocycles. The van der Waals surface area contributed by atoms with Crippen LogP contribution >= 0.6 is 11.6 Å². The van der Waals surface area contributed by atoms with Crippen molar-refractivity contribution >= 4 is 17.6 Å². The van der Waals surface area contributed by atoms with E-state index >= 15 is 0 Å². The van der Waals surface area contributed by atoms with Crippen LogP contribution in [-0.4, -0.2) is 35.7 Å². The van der Waals surface area contributed by atoms with E-state index in [1.807, 2.05) is 41.3 Å². The van der Waals surface area contributed by atoms with Crippen LogP contribution in [0.4, 0.5) is 13.2 Å². The molecule has 8 heteroatoms. The standard InChI is InChI=1S/C29H29ClF3NO3/c1-2-22(23-10-4-3-5-11-23)19-34(20-24-12-7-14-26(28(24)30)29(31,32)33)15-8-16-37-25-13-6-9-21(17-25)18-27(35)36/h2-7,9-14,17,22H,1,8,15-16,18-20H2,(H,35,36). The molecule has 0 aliphatic heterocycles. The van der Waals surface area contributed by atoms with Crippen LogP contribution in [0.1, 0.15) is 34.6 Å². The molecule has 3 aromatic carbocycles. The number of nitrogens with zero attached hydrogens (tertiary/aromatic N) is 1. The topological polar surface area (TPSA) is 49.8 Å². The Morgan fingerprint density at radius 1 is 1.08 bits per heavy atom. The summed E-state index contributed by atoms with van der Waals surface area (Å²) < 4.78 is 46.0. The summed E-state index contributed by atoms with van der Waals surface area (Å²) in [7, 11) is 0. The van der Waals surface area contributed by atoms with Gasteiger partial charge in [0.25, 0.3) is 0 Å². The van der Waals surface area contributed by atoms with Crippen molar-refractivity contribution in [3.8, 4) is 5.75 Å². The Morgan fingerprint density at radius 3 is 2.49 bits per heavy atom. The number of hydrogen-bond donors (Lipinski definition) is 1. The molecule has 0 fully saturated rings. The number of carbonyl (C=O) groups is 1. The van der Waals surface area contributed by atoms with Gasteiger partial charge in [-0.25, -0.2) is 0 Å². The lowest BCUT2D eigenvalue weighted by atomic mass is 9.98. The molecule has 1 unspecified atom stereocenters. The third-order valence-corrected chi connectivity index (χ3v) is 6.33. The lowest BCUT2D eigenvalue weighted by Gasteiger charge is -2.27. The fraction of sp³-hybridized carbons (Fsp3) is 0.276. The van der Waals surface area contributed by atoms with Crippen LogP contribution in [0.5, 0.6) is 5.75 Å². The normalized spacial score (nSPS) is 12.4. The van der Waals surface area contributed by atoms with Crippen molar-refractivity contribution in [2.24, 2.45) is 0 Å². The molecule has 37 heavy (non-hydrogen) atoms. The number of aliphatic carboxylic acids is 1. The minimum Gasteiger partial charge on any atom is -0.494 e. The molecule has 0 aliphatic rings. The summed E-state index contributed by atoms with van der Waals surface area (Å²) >= 11 is 6.18. The number of benzene rings is 3. The van der Waals surface area contributed by atoms with E-state index in [2.05, 4.69) is 6.58 Å². The Balaban J connectivity index is 1.72. The molecule has 1 N–H and O–H groups in total. The first kappa shape index (κ1) is 28.3. The Kier molecular flexibility index (Phi) is 10.2. The van der Waals surface area contributed by atoms with Crippen LogP contribution in [0.15, 0.2) is 85.5 Å². The highest BCUT2D eigenvalue weighted by Gasteiger charge is 2.34. The third-order valence-electron chi connectivity index (χ3n) is 5.89. The molecule has 0 spiro atoms. The SMILES string of the molecule is C=CC(CN(CCCOc1cccc(CC(=O)O)c1)Cc1cccc(C(F)(F)F)c1Cl)c1ccccc1. The highest BCUT2D eigenvalue weighted by molar-refractivity contribution is 6.32. The first-order chi connectivity index (χ1) is 17.7. The molecule has 196 valence electrons. The smallest absolute Gasteiger partial charge is 0.417 e. The summed E-state index contributed by atoms with van der Waals surface area (Å²) in [6.07, 6.45) is -2.20. The molecule has 0 saturated carbocycles. The lowest BCUT2D eigenvalue weighted by Crippen LogP contribution is -2.30. The van der Waals surface area contributed by atoms with Gasteiger partial charge in [0.2, 0.25) is 0 Å². The molecule has 0 bridgehead atoms. The molecule has 0 aliphatic carbocycles. The van der Waals surface area contributed by atoms with Crippen molar-refractivity contribution in [3.63, 3.8) is 0 Å². The molecular formula is C29H29ClF3NO3. The number of carboxylic acid groups (broad SMARTS) is 1. The fourth-order valence-corrected chi connectivity index (χ4v) is 4.38. The second kappa shape index (κ2) is 13.3. The zero-order valence-electron chi connectivity index (χ0n) is 20.3. The third kappa shape index (κ3) is 8.65.